The second-order valence-electron chi connectivity index (χ2n) is 5.58. The summed E-state index contributed by atoms with van der Waals surface area (Å²) in [5.41, 5.74) is -0.0366. The Kier molecular flexibility index (Phi) is 5.46. The summed E-state index contributed by atoms with van der Waals surface area (Å²) in [4.78, 5) is 30.2. The molecule has 3 aromatic rings. The van der Waals surface area contributed by atoms with E-state index >= 15 is 0 Å². The quantitative estimate of drug-likeness (QED) is 0.560. The number of methoxy groups -OCH3 is 1. The third-order valence-corrected chi connectivity index (χ3v) is 4.85. The number of H-pyrrole nitrogens is 1. The molecule has 2 aromatic carbocycles. The van der Waals surface area contributed by atoms with Gasteiger partial charge in [0.2, 0.25) is 5.75 Å². The van der Waals surface area contributed by atoms with E-state index in [0.717, 1.165) is 16.2 Å². The van der Waals surface area contributed by atoms with Crippen molar-refractivity contribution in [1.29, 1.82) is 0 Å². The number of carbonyl (C=O) groups is 1. The Hall–Kier alpha value is -3.26. The monoisotopic (exact) mass is 384 g/mol. The predicted octanol–water partition coefficient (Wildman–Crippen LogP) is 3.14. The molecule has 27 heavy (non-hydrogen) atoms. The summed E-state index contributed by atoms with van der Waals surface area (Å²) >= 11 is 1.63. The van der Waals surface area contributed by atoms with E-state index < -0.39 is 23.0 Å². The van der Waals surface area contributed by atoms with Crippen molar-refractivity contribution in [3.8, 4) is 22.9 Å². The van der Waals surface area contributed by atoms with Gasteiger partial charge in [-0.3, -0.25) is 4.79 Å². The van der Waals surface area contributed by atoms with Crippen LogP contribution in [-0.4, -0.2) is 33.3 Å². The predicted molar refractivity (Wildman–Crippen MR) is 101 cm³/mol. The highest BCUT2D eigenvalue weighted by Gasteiger charge is 2.17. The molecule has 1 heterocycles. The molecule has 0 saturated heterocycles. The number of nitrogens with one attached hydrogen (secondary N) is 1. The van der Waals surface area contributed by atoms with E-state index in [4.69, 9.17) is 9.84 Å². The zero-order chi connectivity index (χ0) is 19.4. The molecule has 0 aliphatic carbocycles. The van der Waals surface area contributed by atoms with Gasteiger partial charge in [0.05, 0.1) is 7.11 Å². The highest BCUT2D eigenvalue weighted by molar-refractivity contribution is 7.98. The van der Waals surface area contributed by atoms with Crippen LogP contribution in [0, 0.1) is 0 Å². The number of hydrogen-bond donors (Lipinski definition) is 3. The summed E-state index contributed by atoms with van der Waals surface area (Å²) in [6.07, 6.45) is 0. The van der Waals surface area contributed by atoms with Crippen LogP contribution < -0.4 is 10.3 Å². The van der Waals surface area contributed by atoms with Crippen LogP contribution in [0.3, 0.4) is 0 Å². The number of aromatic amines is 1. The largest absolute Gasteiger partial charge is 0.501 e. The van der Waals surface area contributed by atoms with Gasteiger partial charge in [-0.15, -0.1) is 11.8 Å². The van der Waals surface area contributed by atoms with E-state index in [0.29, 0.717) is 11.3 Å². The van der Waals surface area contributed by atoms with E-state index in [2.05, 4.69) is 9.97 Å². The highest BCUT2D eigenvalue weighted by Crippen LogP contribution is 2.26. The Morgan fingerprint density at radius 2 is 1.96 bits per heavy atom. The molecule has 3 rings (SSSR count). The number of hydrogen-bond acceptors (Lipinski definition) is 6. The Morgan fingerprint density at radius 1 is 1.22 bits per heavy atom. The molecule has 0 fully saturated rings. The minimum atomic E-state index is -1.47. The van der Waals surface area contributed by atoms with Gasteiger partial charge < -0.3 is 19.9 Å². The van der Waals surface area contributed by atoms with Crippen molar-refractivity contribution < 1.29 is 19.7 Å². The molecule has 0 saturated carbocycles. The fourth-order valence-electron chi connectivity index (χ4n) is 2.40. The lowest BCUT2D eigenvalue weighted by Gasteiger charge is -2.07. The standard InChI is InChI=1S/C19H16N2O5S/c1-26-13-5-7-14(8-6-13)27-10-11-3-2-4-12(9-11)17-20-15(19(24)25)16(22)18(23)21-17/h2-9,22H,10H2,1H3,(H,24,25)(H,20,21,23). The van der Waals surface area contributed by atoms with Crippen LogP contribution in [0.1, 0.15) is 16.1 Å². The highest BCUT2D eigenvalue weighted by atomic mass is 32.2. The van der Waals surface area contributed by atoms with E-state index in [-0.39, 0.29) is 5.82 Å². The van der Waals surface area contributed by atoms with Crippen LogP contribution in [-0.2, 0) is 5.75 Å². The van der Waals surface area contributed by atoms with Crippen molar-refractivity contribution in [2.24, 2.45) is 0 Å². The molecule has 138 valence electrons. The lowest BCUT2D eigenvalue weighted by Crippen LogP contribution is -2.15. The van der Waals surface area contributed by atoms with Gasteiger partial charge >= 0.3 is 5.97 Å². The molecule has 0 bridgehead atoms. The molecule has 0 radical (unpaired) electrons. The van der Waals surface area contributed by atoms with Crippen LogP contribution in [0.5, 0.6) is 11.5 Å². The smallest absolute Gasteiger partial charge is 0.358 e. The first-order chi connectivity index (χ1) is 13.0. The summed E-state index contributed by atoms with van der Waals surface area (Å²) in [6.45, 7) is 0. The van der Waals surface area contributed by atoms with Crippen molar-refractivity contribution in [3.05, 3.63) is 70.1 Å². The molecule has 0 aliphatic heterocycles. The van der Waals surface area contributed by atoms with Gasteiger partial charge in [-0.1, -0.05) is 18.2 Å². The van der Waals surface area contributed by atoms with Crippen molar-refractivity contribution in [2.75, 3.05) is 7.11 Å². The second kappa shape index (κ2) is 7.96. The molecule has 7 nitrogen and oxygen atoms in total. The molecular weight excluding hydrogens is 368 g/mol. The zero-order valence-corrected chi connectivity index (χ0v) is 15.1. The normalized spacial score (nSPS) is 10.6. The summed E-state index contributed by atoms with van der Waals surface area (Å²) in [6, 6.07) is 15.0. The van der Waals surface area contributed by atoms with Crippen molar-refractivity contribution in [3.63, 3.8) is 0 Å². The van der Waals surface area contributed by atoms with Crippen molar-refractivity contribution in [1.82, 2.24) is 9.97 Å². The molecular formula is C19H16N2O5S. The SMILES string of the molecule is COc1ccc(SCc2cccc(-c3nc(C(=O)O)c(O)c(=O)[nH]3)c2)cc1. The van der Waals surface area contributed by atoms with E-state index in [1.165, 1.54) is 0 Å². The number of aromatic hydroxyl groups is 1. The Bertz CT molecular complexity index is 1030. The first kappa shape index (κ1) is 18.5. The molecule has 1 aromatic heterocycles. The van der Waals surface area contributed by atoms with E-state index in [1.807, 2.05) is 36.4 Å². The minimum absolute atomic E-state index is 0.0893. The van der Waals surface area contributed by atoms with Gasteiger partial charge in [0.15, 0.2) is 5.69 Å². The van der Waals surface area contributed by atoms with E-state index in [1.54, 1.807) is 31.0 Å². The zero-order valence-electron chi connectivity index (χ0n) is 14.3. The first-order valence-electron chi connectivity index (χ1n) is 7.90. The number of nitrogens with zero attached hydrogens (tertiary/aromatic N) is 1. The number of rotatable bonds is 6. The van der Waals surface area contributed by atoms with Gasteiger partial charge in [0.1, 0.15) is 11.6 Å². The number of ether oxygens (including phenoxy) is 1. The summed E-state index contributed by atoms with van der Waals surface area (Å²) < 4.78 is 5.14. The molecule has 0 amide bonds. The number of aromatic nitrogens is 2. The van der Waals surface area contributed by atoms with Gasteiger partial charge in [0, 0.05) is 16.2 Å². The van der Waals surface area contributed by atoms with Crippen LogP contribution in [0.4, 0.5) is 0 Å². The maximum atomic E-state index is 11.8. The molecule has 3 N–H and O–H groups in total. The fourth-order valence-corrected chi connectivity index (χ4v) is 3.24. The fraction of sp³-hybridized carbons (Fsp3) is 0.105. The number of aromatic carboxylic acids is 1. The number of carboxylic acid groups (broad SMARTS) is 1. The maximum absolute atomic E-state index is 11.8. The number of carboxylic acids is 1. The van der Waals surface area contributed by atoms with Crippen molar-refractivity contribution >= 4 is 17.7 Å². The summed E-state index contributed by atoms with van der Waals surface area (Å²) in [5.74, 6) is -0.818. The molecule has 0 unspecified atom stereocenters. The molecule has 8 heteroatoms. The van der Waals surface area contributed by atoms with E-state index in [9.17, 15) is 14.7 Å². The Morgan fingerprint density at radius 3 is 2.63 bits per heavy atom. The van der Waals surface area contributed by atoms with Gasteiger partial charge in [-0.05, 0) is 35.9 Å². The van der Waals surface area contributed by atoms with Crippen LogP contribution >= 0.6 is 11.8 Å². The van der Waals surface area contributed by atoms with Crippen LogP contribution in [0.25, 0.3) is 11.4 Å². The summed E-state index contributed by atoms with van der Waals surface area (Å²) in [5, 5.41) is 18.6. The lowest BCUT2D eigenvalue weighted by atomic mass is 10.1. The van der Waals surface area contributed by atoms with Gasteiger partial charge in [-0.25, -0.2) is 9.78 Å². The van der Waals surface area contributed by atoms with Crippen LogP contribution in [0.2, 0.25) is 0 Å². The van der Waals surface area contributed by atoms with Crippen molar-refractivity contribution in [2.45, 2.75) is 10.6 Å². The third-order valence-electron chi connectivity index (χ3n) is 3.76. The Balaban J connectivity index is 1.83. The summed E-state index contributed by atoms with van der Waals surface area (Å²) in [7, 11) is 1.62. The molecule has 0 aliphatic rings. The van der Waals surface area contributed by atoms with Crippen LogP contribution in [0.15, 0.2) is 58.2 Å². The average Bonchev–Trinajstić information content (AvgIpc) is 2.68. The molecule has 0 atom stereocenters. The average molecular weight is 384 g/mol. The number of thioether (sulfide) groups is 1. The Labute approximate surface area is 158 Å². The first-order valence-corrected chi connectivity index (χ1v) is 8.89. The topological polar surface area (TPSA) is 113 Å². The minimum Gasteiger partial charge on any atom is -0.501 e. The van der Waals surface area contributed by atoms with Gasteiger partial charge in [0.25, 0.3) is 5.56 Å². The third kappa shape index (κ3) is 4.29. The second-order valence-corrected chi connectivity index (χ2v) is 6.63. The van der Waals surface area contributed by atoms with Gasteiger partial charge in [-0.2, -0.15) is 0 Å². The molecule has 0 spiro atoms. The lowest BCUT2D eigenvalue weighted by molar-refractivity contribution is 0.0686. The maximum Gasteiger partial charge on any atom is 0.358 e. The number of benzene rings is 2.